The first kappa shape index (κ1) is 12.3. The van der Waals surface area contributed by atoms with E-state index < -0.39 is 5.97 Å². The molecule has 0 unspecified atom stereocenters. The molecule has 0 aliphatic heterocycles. The number of para-hydroxylation sites is 1. The van der Waals surface area contributed by atoms with Crippen LogP contribution in [0.3, 0.4) is 0 Å². The van der Waals surface area contributed by atoms with E-state index in [0.29, 0.717) is 13.0 Å². The number of carboxylic acid groups (broad SMARTS) is 1. The molecule has 0 amide bonds. The van der Waals surface area contributed by atoms with Gasteiger partial charge in [0.15, 0.2) is 0 Å². The molecule has 1 aromatic carbocycles. The first-order valence-corrected chi connectivity index (χ1v) is 5.29. The Kier molecular flexibility index (Phi) is 5.12. The zero-order valence-electron chi connectivity index (χ0n) is 9.19. The number of ether oxygens (including phenoxy) is 1. The molecule has 1 rings (SSSR count). The fourth-order valence-electron chi connectivity index (χ4n) is 1.25. The fraction of sp³-hybridized carbons (Fsp3) is 0.308. The Bertz CT molecular complexity index is 343. The van der Waals surface area contributed by atoms with Crippen LogP contribution in [0.25, 0.3) is 0 Å². The van der Waals surface area contributed by atoms with Crippen LogP contribution in [0.5, 0.6) is 5.75 Å². The van der Waals surface area contributed by atoms with Gasteiger partial charge in [0, 0.05) is 5.57 Å². The Hall–Kier alpha value is -1.77. The van der Waals surface area contributed by atoms with Gasteiger partial charge in [-0.1, -0.05) is 24.8 Å². The quantitative estimate of drug-likeness (QED) is 0.567. The van der Waals surface area contributed by atoms with Crippen molar-refractivity contribution in [3.05, 3.63) is 42.5 Å². The van der Waals surface area contributed by atoms with E-state index in [1.807, 2.05) is 30.3 Å². The third kappa shape index (κ3) is 4.64. The summed E-state index contributed by atoms with van der Waals surface area (Å²) in [4.78, 5) is 10.5. The van der Waals surface area contributed by atoms with Crippen LogP contribution in [-0.4, -0.2) is 17.7 Å². The Balaban J connectivity index is 2.09. The zero-order valence-corrected chi connectivity index (χ0v) is 9.19. The summed E-state index contributed by atoms with van der Waals surface area (Å²) in [6, 6.07) is 9.57. The number of hydrogen-bond acceptors (Lipinski definition) is 2. The molecular weight excluding hydrogens is 204 g/mol. The molecule has 0 atom stereocenters. The summed E-state index contributed by atoms with van der Waals surface area (Å²) in [5, 5.41) is 8.59. The molecule has 0 aliphatic carbocycles. The monoisotopic (exact) mass is 220 g/mol. The van der Waals surface area contributed by atoms with Crippen LogP contribution in [0.2, 0.25) is 0 Å². The number of carboxylic acids is 1. The van der Waals surface area contributed by atoms with Crippen molar-refractivity contribution >= 4 is 5.97 Å². The Morgan fingerprint density at radius 2 is 1.94 bits per heavy atom. The minimum Gasteiger partial charge on any atom is -0.494 e. The van der Waals surface area contributed by atoms with E-state index in [4.69, 9.17) is 9.84 Å². The van der Waals surface area contributed by atoms with E-state index >= 15 is 0 Å². The predicted octanol–water partition coefficient (Wildman–Crippen LogP) is 2.88. The van der Waals surface area contributed by atoms with Gasteiger partial charge in [-0.15, -0.1) is 0 Å². The second-order valence-corrected chi connectivity index (χ2v) is 3.53. The number of carbonyl (C=O) groups is 1. The van der Waals surface area contributed by atoms with Gasteiger partial charge in [-0.2, -0.15) is 0 Å². The number of aliphatic carboxylic acids is 1. The molecule has 1 aromatic rings. The molecule has 0 heterocycles. The molecule has 3 heteroatoms. The predicted molar refractivity (Wildman–Crippen MR) is 62.6 cm³/mol. The van der Waals surface area contributed by atoms with Crippen molar-refractivity contribution in [2.45, 2.75) is 19.3 Å². The standard InChI is InChI=1S/C13H16O3/c1-11(13(14)15)7-5-6-10-16-12-8-3-2-4-9-12/h2-4,8-9H,1,5-7,10H2,(H,14,15). The summed E-state index contributed by atoms with van der Waals surface area (Å²) in [6.45, 7) is 4.08. The maximum absolute atomic E-state index is 10.5. The molecule has 0 fully saturated rings. The minimum atomic E-state index is -0.913. The molecular formula is C13H16O3. The van der Waals surface area contributed by atoms with Crippen molar-refractivity contribution in [1.82, 2.24) is 0 Å². The summed E-state index contributed by atoms with van der Waals surface area (Å²) in [5.74, 6) is -0.0662. The van der Waals surface area contributed by atoms with Gasteiger partial charge in [-0.3, -0.25) is 0 Å². The lowest BCUT2D eigenvalue weighted by Crippen LogP contribution is -2.01. The van der Waals surface area contributed by atoms with Crippen molar-refractivity contribution in [3.63, 3.8) is 0 Å². The van der Waals surface area contributed by atoms with Crippen LogP contribution in [0, 0.1) is 0 Å². The van der Waals surface area contributed by atoms with Crippen molar-refractivity contribution in [2.24, 2.45) is 0 Å². The molecule has 0 aliphatic rings. The lowest BCUT2D eigenvalue weighted by Gasteiger charge is -2.05. The SMILES string of the molecule is C=C(CCCCOc1ccccc1)C(=O)O. The third-order valence-electron chi connectivity index (χ3n) is 2.19. The van der Waals surface area contributed by atoms with E-state index in [1.54, 1.807) is 0 Å². The smallest absolute Gasteiger partial charge is 0.330 e. The lowest BCUT2D eigenvalue weighted by molar-refractivity contribution is -0.132. The Morgan fingerprint density at radius 1 is 1.25 bits per heavy atom. The van der Waals surface area contributed by atoms with Gasteiger partial charge in [-0.25, -0.2) is 4.79 Å². The fourth-order valence-corrected chi connectivity index (χ4v) is 1.25. The highest BCUT2D eigenvalue weighted by Crippen LogP contribution is 2.10. The van der Waals surface area contributed by atoms with Crippen LogP contribution < -0.4 is 4.74 Å². The van der Waals surface area contributed by atoms with E-state index in [1.165, 1.54) is 0 Å². The molecule has 3 nitrogen and oxygen atoms in total. The number of benzene rings is 1. The molecule has 0 saturated carbocycles. The zero-order chi connectivity index (χ0) is 11.8. The Morgan fingerprint density at radius 3 is 2.56 bits per heavy atom. The van der Waals surface area contributed by atoms with Crippen LogP contribution in [-0.2, 0) is 4.79 Å². The first-order chi connectivity index (χ1) is 7.70. The average Bonchev–Trinajstić information content (AvgIpc) is 2.29. The highest BCUT2D eigenvalue weighted by atomic mass is 16.5. The molecule has 86 valence electrons. The highest BCUT2D eigenvalue weighted by Gasteiger charge is 2.02. The van der Waals surface area contributed by atoms with E-state index in [2.05, 4.69) is 6.58 Å². The number of hydrogen-bond donors (Lipinski definition) is 1. The second-order valence-electron chi connectivity index (χ2n) is 3.53. The molecule has 0 radical (unpaired) electrons. The largest absolute Gasteiger partial charge is 0.494 e. The van der Waals surface area contributed by atoms with Crippen molar-refractivity contribution in [3.8, 4) is 5.75 Å². The number of unbranched alkanes of at least 4 members (excludes halogenated alkanes) is 1. The summed E-state index contributed by atoms with van der Waals surface area (Å²) >= 11 is 0. The van der Waals surface area contributed by atoms with Crippen LogP contribution >= 0.6 is 0 Å². The summed E-state index contributed by atoms with van der Waals surface area (Å²) in [5.41, 5.74) is 0.264. The van der Waals surface area contributed by atoms with E-state index in [-0.39, 0.29) is 5.57 Å². The van der Waals surface area contributed by atoms with Gasteiger partial charge in [0.1, 0.15) is 5.75 Å². The van der Waals surface area contributed by atoms with Crippen molar-refractivity contribution in [2.75, 3.05) is 6.61 Å². The molecule has 16 heavy (non-hydrogen) atoms. The summed E-state index contributed by atoms with van der Waals surface area (Å²) < 4.78 is 5.47. The second kappa shape index (κ2) is 6.67. The van der Waals surface area contributed by atoms with Crippen LogP contribution in [0.4, 0.5) is 0 Å². The van der Waals surface area contributed by atoms with Gasteiger partial charge in [-0.05, 0) is 31.4 Å². The van der Waals surface area contributed by atoms with Gasteiger partial charge in [0.05, 0.1) is 6.61 Å². The van der Waals surface area contributed by atoms with Gasteiger partial charge in [0.25, 0.3) is 0 Å². The van der Waals surface area contributed by atoms with E-state index in [0.717, 1.165) is 18.6 Å². The maximum atomic E-state index is 10.5. The highest BCUT2D eigenvalue weighted by molar-refractivity contribution is 5.85. The average molecular weight is 220 g/mol. The molecule has 0 saturated heterocycles. The summed E-state index contributed by atoms with van der Waals surface area (Å²) in [6.07, 6.45) is 2.15. The van der Waals surface area contributed by atoms with Crippen molar-refractivity contribution in [1.29, 1.82) is 0 Å². The maximum Gasteiger partial charge on any atom is 0.330 e. The topological polar surface area (TPSA) is 46.5 Å². The van der Waals surface area contributed by atoms with Gasteiger partial charge < -0.3 is 9.84 Å². The molecule has 0 spiro atoms. The lowest BCUT2D eigenvalue weighted by atomic mass is 10.1. The molecule has 0 bridgehead atoms. The molecule has 1 N–H and O–H groups in total. The van der Waals surface area contributed by atoms with Crippen LogP contribution in [0.1, 0.15) is 19.3 Å². The van der Waals surface area contributed by atoms with E-state index in [9.17, 15) is 4.79 Å². The number of rotatable bonds is 7. The van der Waals surface area contributed by atoms with Gasteiger partial charge in [0.2, 0.25) is 0 Å². The molecule has 0 aromatic heterocycles. The minimum absolute atomic E-state index is 0.264. The van der Waals surface area contributed by atoms with Crippen LogP contribution in [0.15, 0.2) is 42.5 Å². The first-order valence-electron chi connectivity index (χ1n) is 5.29. The third-order valence-corrected chi connectivity index (χ3v) is 2.19. The summed E-state index contributed by atoms with van der Waals surface area (Å²) in [7, 11) is 0. The normalized spacial score (nSPS) is 9.75. The van der Waals surface area contributed by atoms with Gasteiger partial charge >= 0.3 is 5.97 Å². The Labute approximate surface area is 95.4 Å². The van der Waals surface area contributed by atoms with Crippen molar-refractivity contribution < 1.29 is 14.6 Å².